The van der Waals surface area contributed by atoms with Gasteiger partial charge in [-0.05, 0) is 36.8 Å². The van der Waals surface area contributed by atoms with Gasteiger partial charge in [0.15, 0.2) is 0 Å². The zero-order valence-electron chi connectivity index (χ0n) is 12.0. The molecule has 0 heterocycles. The Morgan fingerprint density at radius 3 is 2.65 bits per heavy atom. The van der Waals surface area contributed by atoms with Gasteiger partial charge in [-0.25, -0.2) is 4.39 Å². The lowest BCUT2D eigenvalue weighted by Gasteiger charge is -2.27. The van der Waals surface area contributed by atoms with E-state index in [9.17, 15) is 9.18 Å². The summed E-state index contributed by atoms with van der Waals surface area (Å²) in [6.07, 6.45) is 6.21. The van der Waals surface area contributed by atoms with E-state index in [0.717, 1.165) is 13.0 Å². The van der Waals surface area contributed by atoms with Gasteiger partial charge in [0.1, 0.15) is 5.82 Å². The van der Waals surface area contributed by atoms with Crippen LogP contribution in [0, 0.1) is 11.2 Å². The molecule has 1 aliphatic carbocycles. The fourth-order valence-electron chi connectivity index (χ4n) is 2.98. The van der Waals surface area contributed by atoms with Crippen molar-refractivity contribution in [3.63, 3.8) is 0 Å². The lowest BCUT2D eigenvalue weighted by molar-refractivity contribution is -0.115. The molecular formula is C16H23FN2O. The highest BCUT2D eigenvalue weighted by Crippen LogP contribution is 2.40. The Morgan fingerprint density at radius 2 is 2.00 bits per heavy atom. The van der Waals surface area contributed by atoms with Gasteiger partial charge in [-0.15, -0.1) is 0 Å². The first kappa shape index (κ1) is 15.0. The molecule has 2 rings (SSSR count). The summed E-state index contributed by atoms with van der Waals surface area (Å²) in [5.41, 5.74) is 0.600. The first-order valence-corrected chi connectivity index (χ1v) is 7.40. The van der Waals surface area contributed by atoms with Gasteiger partial charge in [0.25, 0.3) is 0 Å². The molecule has 0 aromatic heterocycles. The summed E-state index contributed by atoms with van der Waals surface area (Å²) >= 11 is 0. The number of carbonyl (C=O) groups is 1. The average molecular weight is 278 g/mol. The van der Waals surface area contributed by atoms with Crippen molar-refractivity contribution in [2.24, 2.45) is 5.41 Å². The second-order valence-corrected chi connectivity index (χ2v) is 5.69. The number of rotatable bonds is 6. The van der Waals surface area contributed by atoms with E-state index in [0.29, 0.717) is 5.41 Å². The van der Waals surface area contributed by atoms with Crippen LogP contribution in [0.5, 0.6) is 0 Å². The summed E-state index contributed by atoms with van der Waals surface area (Å²) in [5.74, 6) is -0.596. The van der Waals surface area contributed by atoms with Crippen LogP contribution in [0.3, 0.4) is 0 Å². The monoisotopic (exact) mass is 278 g/mol. The molecule has 1 fully saturated rings. The number of amides is 1. The Kier molecular flexibility index (Phi) is 5.12. The van der Waals surface area contributed by atoms with Crippen LogP contribution < -0.4 is 10.6 Å². The summed E-state index contributed by atoms with van der Waals surface area (Å²) in [5, 5.41) is 5.81. The third-order valence-corrected chi connectivity index (χ3v) is 4.35. The maximum atomic E-state index is 13.4. The summed E-state index contributed by atoms with van der Waals surface area (Å²) in [4.78, 5) is 11.8. The normalized spacial score (nSPS) is 17.1. The second-order valence-electron chi connectivity index (χ2n) is 5.69. The molecular weight excluding hydrogens is 255 g/mol. The van der Waals surface area contributed by atoms with Gasteiger partial charge in [0.05, 0.1) is 12.2 Å². The fraction of sp³-hybridized carbons (Fsp3) is 0.562. The van der Waals surface area contributed by atoms with Crippen molar-refractivity contribution in [3.8, 4) is 0 Å². The summed E-state index contributed by atoms with van der Waals surface area (Å²) in [6.45, 7) is 3.32. The first-order chi connectivity index (χ1) is 9.65. The Labute approximate surface area is 120 Å². The molecule has 0 spiro atoms. The van der Waals surface area contributed by atoms with Crippen molar-refractivity contribution in [2.45, 2.75) is 39.0 Å². The molecule has 0 radical (unpaired) electrons. The fourth-order valence-corrected chi connectivity index (χ4v) is 2.98. The number of hydrogen-bond donors (Lipinski definition) is 2. The molecule has 0 saturated heterocycles. The molecule has 3 nitrogen and oxygen atoms in total. The van der Waals surface area contributed by atoms with Crippen LogP contribution in [-0.4, -0.2) is 19.0 Å². The van der Waals surface area contributed by atoms with Crippen molar-refractivity contribution in [3.05, 3.63) is 30.1 Å². The topological polar surface area (TPSA) is 41.1 Å². The third-order valence-electron chi connectivity index (χ3n) is 4.35. The van der Waals surface area contributed by atoms with Crippen molar-refractivity contribution < 1.29 is 9.18 Å². The molecule has 110 valence electrons. The predicted octanol–water partition coefficient (Wildman–Crippen LogP) is 3.32. The van der Waals surface area contributed by atoms with Gasteiger partial charge in [-0.1, -0.05) is 31.9 Å². The van der Waals surface area contributed by atoms with E-state index < -0.39 is 5.82 Å². The van der Waals surface area contributed by atoms with Crippen LogP contribution in [0.15, 0.2) is 24.3 Å². The molecule has 0 aliphatic heterocycles. The largest absolute Gasteiger partial charge is 0.322 e. The van der Waals surface area contributed by atoms with Gasteiger partial charge in [-0.3, -0.25) is 4.79 Å². The zero-order chi connectivity index (χ0) is 14.4. The number of carbonyl (C=O) groups excluding carboxylic acids is 1. The standard InChI is InChI=1S/C16H23FN2O/c1-2-16(9-5-6-10-16)12-18-11-15(20)19-14-8-4-3-7-13(14)17/h3-4,7-8,18H,2,5-6,9-12H2,1H3,(H,19,20). The van der Waals surface area contributed by atoms with Gasteiger partial charge >= 0.3 is 0 Å². The highest BCUT2D eigenvalue weighted by molar-refractivity contribution is 5.92. The molecule has 1 aliphatic rings. The molecule has 0 unspecified atom stereocenters. The van der Waals surface area contributed by atoms with Gasteiger partial charge < -0.3 is 10.6 Å². The number of hydrogen-bond acceptors (Lipinski definition) is 2. The van der Waals surface area contributed by atoms with E-state index in [4.69, 9.17) is 0 Å². The SMILES string of the molecule is CCC1(CNCC(=O)Nc2ccccc2F)CCCC1. The maximum Gasteiger partial charge on any atom is 0.238 e. The molecule has 20 heavy (non-hydrogen) atoms. The Balaban J connectivity index is 1.77. The van der Waals surface area contributed by atoms with Crippen molar-refractivity contribution >= 4 is 11.6 Å². The Hall–Kier alpha value is -1.42. The van der Waals surface area contributed by atoms with Crippen LogP contribution in [0.1, 0.15) is 39.0 Å². The number of halogens is 1. The Bertz CT molecular complexity index is 456. The van der Waals surface area contributed by atoms with E-state index in [1.807, 2.05) is 0 Å². The molecule has 0 bridgehead atoms. The van der Waals surface area contributed by atoms with E-state index in [2.05, 4.69) is 17.6 Å². The smallest absolute Gasteiger partial charge is 0.238 e. The third kappa shape index (κ3) is 3.79. The van der Waals surface area contributed by atoms with E-state index in [-0.39, 0.29) is 18.1 Å². The minimum Gasteiger partial charge on any atom is -0.322 e. The van der Waals surface area contributed by atoms with Crippen molar-refractivity contribution in [1.29, 1.82) is 0 Å². The van der Waals surface area contributed by atoms with Gasteiger partial charge in [0.2, 0.25) is 5.91 Å². The van der Waals surface area contributed by atoms with Crippen molar-refractivity contribution in [1.82, 2.24) is 5.32 Å². The van der Waals surface area contributed by atoms with Gasteiger partial charge in [0, 0.05) is 6.54 Å². The lowest BCUT2D eigenvalue weighted by atomic mass is 9.83. The average Bonchev–Trinajstić information content (AvgIpc) is 2.91. The molecule has 1 aromatic rings. The first-order valence-electron chi connectivity index (χ1n) is 7.40. The number of para-hydroxylation sites is 1. The molecule has 4 heteroatoms. The van der Waals surface area contributed by atoms with Crippen LogP contribution in [0.2, 0.25) is 0 Å². The lowest BCUT2D eigenvalue weighted by Crippen LogP contribution is -2.36. The molecule has 2 N–H and O–H groups in total. The second kappa shape index (κ2) is 6.84. The number of benzene rings is 1. The number of anilines is 1. The summed E-state index contributed by atoms with van der Waals surface area (Å²) < 4.78 is 13.4. The predicted molar refractivity (Wildman–Crippen MR) is 79.1 cm³/mol. The highest BCUT2D eigenvalue weighted by atomic mass is 19.1. The van der Waals surface area contributed by atoms with Crippen LogP contribution in [-0.2, 0) is 4.79 Å². The van der Waals surface area contributed by atoms with Crippen LogP contribution in [0.25, 0.3) is 0 Å². The minimum atomic E-state index is -0.401. The minimum absolute atomic E-state index is 0.195. The molecule has 0 atom stereocenters. The van der Waals surface area contributed by atoms with E-state index >= 15 is 0 Å². The van der Waals surface area contributed by atoms with Crippen LogP contribution >= 0.6 is 0 Å². The Morgan fingerprint density at radius 1 is 1.30 bits per heavy atom. The summed E-state index contributed by atoms with van der Waals surface area (Å²) in [7, 11) is 0. The maximum absolute atomic E-state index is 13.4. The zero-order valence-corrected chi connectivity index (χ0v) is 12.0. The highest BCUT2D eigenvalue weighted by Gasteiger charge is 2.31. The van der Waals surface area contributed by atoms with E-state index in [1.54, 1.807) is 18.2 Å². The number of nitrogens with one attached hydrogen (secondary N) is 2. The molecule has 1 aromatic carbocycles. The van der Waals surface area contributed by atoms with Crippen LogP contribution in [0.4, 0.5) is 10.1 Å². The van der Waals surface area contributed by atoms with Crippen molar-refractivity contribution in [2.75, 3.05) is 18.4 Å². The van der Waals surface area contributed by atoms with Gasteiger partial charge in [-0.2, -0.15) is 0 Å². The molecule has 1 amide bonds. The summed E-state index contributed by atoms with van der Waals surface area (Å²) in [6, 6.07) is 6.22. The molecule has 1 saturated carbocycles. The van der Waals surface area contributed by atoms with E-state index in [1.165, 1.54) is 31.7 Å². The quantitative estimate of drug-likeness (QED) is 0.838.